The third-order valence-electron chi connectivity index (χ3n) is 2.41. The second-order valence-electron chi connectivity index (χ2n) is 3.78. The van der Waals surface area contributed by atoms with E-state index in [0.717, 1.165) is 6.42 Å². The van der Waals surface area contributed by atoms with Gasteiger partial charge in [0.25, 0.3) is 0 Å². The highest BCUT2D eigenvalue weighted by molar-refractivity contribution is 5.65. The maximum atomic E-state index is 9.83. The molecule has 14 heavy (non-hydrogen) atoms. The van der Waals surface area contributed by atoms with Gasteiger partial charge in [0.2, 0.25) is 6.29 Å². The molecule has 1 nitrogen and oxygen atoms in total. The summed E-state index contributed by atoms with van der Waals surface area (Å²) in [6, 6.07) is 0. The molecular formula is C13H23O. The summed E-state index contributed by atoms with van der Waals surface area (Å²) in [4.78, 5) is 9.83. The van der Waals surface area contributed by atoms with Crippen LogP contribution in [0.1, 0.15) is 64.7 Å². The van der Waals surface area contributed by atoms with E-state index in [-0.39, 0.29) is 0 Å². The molecule has 0 aromatic rings. The number of allylic oxidation sites excluding steroid dienone is 2. The van der Waals surface area contributed by atoms with Crippen LogP contribution in [0.25, 0.3) is 0 Å². The molecule has 1 heteroatoms. The number of hydrogen-bond acceptors (Lipinski definition) is 1. The first-order valence-corrected chi connectivity index (χ1v) is 5.94. The van der Waals surface area contributed by atoms with Gasteiger partial charge in [0.05, 0.1) is 0 Å². The van der Waals surface area contributed by atoms with Gasteiger partial charge in [-0.3, -0.25) is 4.79 Å². The van der Waals surface area contributed by atoms with Gasteiger partial charge in [0.15, 0.2) is 0 Å². The smallest absolute Gasteiger partial charge is 0.225 e. The van der Waals surface area contributed by atoms with Crippen LogP contribution < -0.4 is 0 Å². The van der Waals surface area contributed by atoms with Crippen molar-refractivity contribution < 1.29 is 4.79 Å². The minimum absolute atomic E-state index is 1.03. The van der Waals surface area contributed by atoms with Crippen molar-refractivity contribution in [1.29, 1.82) is 0 Å². The summed E-state index contributed by atoms with van der Waals surface area (Å²) >= 11 is 0. The van der Waals surface area contributed by atoms with Crippen LogP contribution in [0.4, 0.5) is 0 Å². The third kappa shape index (κ3) is 11.4. The van der Waals surface area contributed by atoms with Gasteiger partial charge in [-0.15, -0.1) is 0 Å². The van der Waals surface area contributed by atoms with E-state index in [1.54, 1.807) is 6.29 Å². The average Bonchev–Trinajstić information content (AvgIpc) is 2.21. The Labute approximate surface area is 88.6 Å². The van der Waals surface area contributed by atoms with E-state index in [1.165, 1.54) is 57.4 Å². The summed E-state index contributed by atoms with van der Waals surface area (Å²) in [5.41, 5.74) is 0. The second kappa shape index (κ2) is 12.4. The van der Waals surface area contributed by atoms with Crippen LogP contribution in [0.5, 0.6) is 0 Å². The van der Waals surface area contributed by atoms with Crippen molar-refractivity contribution in [2.75, 3.05) is 0 Å². The minimum atomic E-state index is 1.03. The molecule has 0 amide bonds. The topological polar surface area (TPSA) is 17.1 Å². The molecule has 0 bridgehead atoms. The molecule has 0 aliphatic rings. The van der Waals surface area contributed by atoms with Crippen molar-refractivity contribution in [3.63, 3.8) is 0 Å². The first-order chi connectivity index (χ1) is 6.91. The highest BCUT2D eigenvalue weighted by Crippen LogP contribution is 2.09. The lowest BCUT2D eigenvalue weighted by atomic mass is 10.1. The fourth-order valence-corrected chi connectivity index (χ4v) is 1.53. The van der Waals surface area contributed by atoms with Crippen molar-refractivity contribution in [1.82, 2.24) is 0 Å². The highest BCUT2D eigenvalue weighted by atomic mass is 16.1. The number of hydrogen-bond donors (Lipinski definition) is 0. The molecule has 0 aliphatic heterocycles. The fourth-order valence-electron chi connectivity index (χ4n) is 1.53. The molecule has 0 atom stereocenters. The molecule has 0 unspecified atom stereocenters. The lowest BCUT2D eigenvalue weighted by molar-refractivity contribution is 0.563. The van der Waals surface area contributed by atoms with Crippen molar-refractivity contribution in [2.45, 2.75) is 64.7 Å². The van der Waals surface area contributed by atoms with Gasteiger partial charge >= 0.3 is 0 Å². The third-order valence-corrected chi connectivity index (χ3v) is 2.41. The quantitative estimate of drug-likeness (QED) is 0.377. The molecule has 0 rings (SSSR count). The van der Waals surface area contributed by atoms with Crippen LogP contribution in [0.15, 0.2) is 12.2 Å². The maximum absolute atomic E-state index is 9.83. The zero-order chi connectivity index (χ0) is 10.5. The highest BCUT2D eigenvalue weighted by Gasteiger charge is 1.89. The zero-order valence-electron chi connectivity index (χ0n) is 9.43. The van der Waals surface area contributed by atoms with Crippen molar-refractivity contribution in [3.05, 3.63) is 12.2 Å². The van der Waals surface area contributed by atoms with Crippen molar-refractivity contribution >= 4 is 6.29 Å². The van der Waals surface area contributed by atoms with Crippen molar-refractivity contribution in [2.24, 2.45) is 0 Å². The number of rotatable bonds is 10. The fraction of sp³-hybridized carbons (Fsp3) is 0.769. The standard InChI is InChI=1S/C13H23O/c1-2-3-4-5-6-7-8-9-10-11-12-13-14/h11-12H,2-10H2,1H3. The maximum Gasteiger partial charge on any atom is 0.225 e. The normalized spacial score (nSPS) is 10.9. The van der Waals surface area contributed by atoms with E-state index in [1.807, 2.05) is 6.08 Å². The number of unbranched alkanes of at least 4 members (excludes halogenated alkanes) is 8. The predicted octanol–water partition coefficient (Wildman–Crippen LogP) is 4.18. The molecule has 81 valence electrons. The average molecular weight is 195 g/mol. The minimum Gasteiger partial charge on any atom is -0.286 e. The molecular weight excluding hydrogens is 172 g/mol. The Morgan fingerprint density at radius 1 is 0.929 bits per heavy atom. The Hall–Kier alpha value is -0.590. The first kappa shape index (κ1) is 13.4. The van der Waals surface area contributed by atoms with Gasteiger partial charge in [0.1, 0.15) is 0 Å². The second-order valence-corrected chi connectivity index (χ2v) is 3.78. The lowest BCUT2D eigenvalue weighted by Crippen LogP contribution is -1.79. The largest absolute Gasteiger partial charge is 0.286 e. The van der Waals surface area contributed by atoms with Gasteiger partial charge in [-0.05, 0) is 18.9 Å². The number of carbonyl (C=O) groups excluding carboxylic acids is 1. The van der Waals surface area contributed by atoms with Gasteiger partial charge < -0.3 is 0 Å². The molecule has 0 aromatic carbocycles. The van der Waals surface area contributed by atoms with E-state index in [4.69, 9.17) is 0 Å². The Kier molecular flexibility index (Phi) is 11.9. The van der Waals surface area contributed by atoms with E-state index < -0.39 is 0 Å². The molecule has 0 aromatic heterocycles. The van der Waals surface area contributed by atoms with Crippen LogP contribution in [0.2, 0.25) is 0 Å². The van der Waals surface area contributed by atoms with E-state index in [9.17, 15) is 4.79 Å². The SMILES string of the molecule is CCCCCCCCCCC=C[C]=O. The Balaban J connectivity index is 2.91. The summed E-state index contributed by atoms with van der Waals surface area (Å²) in [6.07, 6.45) is 16.9. The van der Waals surface area contributed by atoms with E-state index in [2.05, 4.69) is 6.92 Å². The van der Waals surface area contributed by atoms with Gasteiger partial charge in [-0.2, -0.15) is 0 Å². The molecule has 0 saturated carbocycles. The van der Waals surface area contributed by atoms with Crippen LogP contribution in [0.3, 0.4) is 0 Å². The van der Waals surface area contributed by atoms with E-state index in [0.29, 0.717) is 0 Å². The monoisotopic (exact) mass is 195 g/mol. The Morgan fingerprint density at radius 3 is 2.07 bits per heavy atom. The zero-order valence-corrected chi connectivity index (χ0v) is 9.43. The van der Waals surface area contributed by atoms with Crippen LogP contribution in [-0.2, 0) is 4.79 Å². The molecule has 0 aliphatic carbocycles. The lowest BCUT2D eigenvalue weighted by Gasteiger charge is -1.99. The van der Waals surface area contributed by atoms with Gasteiger partial charge in [-0.25, -0.2) is 0 Å². The van der Waals surface area contributed by atoms with Crippen LogP contribution >= 0.6 is 0 Å². The Morgan fingerprint density at radius 2 is 1.50 bits per heavy atom. The van der Waals surface area contributed by atoms with Crippen LogP contribution in [0, 0.1) is 0 Å². The molecule has 0 spiro atoms. The molecule has 0 saturated heterocycles. The summed E-state index contributed by atoms with van der Waals surface area (Å²) in [6.45, 7) is 2.25. The van der Waals surface area contributed by atoms with Gasteiger partial charge in [-0.1, -0.05) is 57.9 Å². The van der Waals surface area contributed by atoms with Gasteiger partial charge in [0, 0.05) is 0 Å². The van der Waals surface area contributed by atoms with Crippen LogP contribution in [-0.4, -0.2) is 6.29 Å². The van der Waals surface area contributed by atoms with Crippen molar-refractivity contribution in [3.8, 4) is 0 Å². The predicted molar refractivity (Wildman–Crippen MR) is 62.1 cm³/mol. The molecule has 1 radical (unpaired) electrons. The Bertz CT molecular complexity index is 138. The molecule has 0 heterocycles. The molecule has 0 fully saturated rings. The molecule has 0 N–H and O–H groups in total. The summed E-state index contributed by atoms with van der Waals surface area (Å²) in [5.74, 6) is 0. The van der Waals surface area contributed by atoms with E-state index >= 15 is 0 Å². The first-order valence-electron chi connectivity index (χ1n) is 5.94. The summed E-state index contributed by atoms with van der Waals surface area (Å²) in [5, 5.41) is 0. The summed E-state index contributed by atoms with van der Waals surface area (Å²) in [7, 11) is 0. The summed E-state index contributed by atoms with van der Waals surface area (Å²) < 4.78 is 0.